The van der Waals surface area contributed by atoms with Gasteiger partial charge >= 0.3 is 0 Å². The van der Waals surface area contributed by atoms with Crippen molar-refractivity contribution in [1.29, 1.82) is 0 Å². The summed E-state index contributed by atoms with van der Waals surface area (Å²) in [4.78, 5) is 12.1. The van der Waals surface area contributed by atoms with Gasteiger partial charge in [-0.05, 0) is 42.9 Å². The molecule has 0 aliphatic carbocycles. The van der Waals surface area contributed by atoms with Gasteiger partial charge in [0.25, 0.3) is 5.91 Å². The number of sulfonamides is 2. The van der Waals surface area contributed by atoms with E-state index in [4.69, 9.17) is 5.14 Å². The van der Waals surface area contributed by atoms with E-state index in [1.54, 1.807) is 0 Å². The molecule has 0 radical (unpaired) electrons. The molecule has 0 spiro atoms. The number of hydrogen-bond donors (Lipinski definition) is 3. The number of rotatable bonds is 6. The number of hydrogen-bond acceptors (Lipinski definition) is 5. The summed E-state index contributed by atoms with van der Waals surface area (Å²) in [5.74, 6) is -0.455. The summed E-state index contributed by atoms with van der Waals surface area (Å²) in [6.07, 6.45) is 0. The summed E-state index contributed by atoms with van der Waals surface area (Å²) in [7, 11) is -6.12. The number of primary sulfonamides is 1. The van der Waals surface area contributed by atoms with Crippen LogP contribution in [0.5, 0.6) is 0 Å². The van der Waals surface area contributed by atoms with Crippen LogP contribution in [-0.4, -0.2) is 29.8 Å². The van der Waals surface area contributed by atoms with Crippen LogP contribution in [0.1, 0.15) is 15.9 Å². The first-order chi connectivity index (χ1) is 11.6. The molecule has 1 amide bonds. The van der Waals surface area contributed by atoms with Gasteiger partial charge in [-0.15, -0.1) is 0 Å². The molecular weight excluding hydrogens is 366 g/mol. The Morgan fingerprint density at radius 3 is 2.20 bits per heavy atom. The first-order valence-corrected chi connectivity index (χ1v) is 10.1. The zero-order chi connectivity index (χ0) is 18.7. The van der Waals surface area contributed by atoms with Gasteiger partial charge in [0, 0.05) is 12.1 Å². The highest BCUT2D eigenvalue weighted by atomic mass is 32.2. The Morgan fingerprint density at radius 1 is 1.00 bits per heavy atom. The predicted molar refractivity (Wildman–Crippen MR) is 91.7 cm³/mol. The molecule has 0 unspecified atom stereocenters. The maximum absolute atomic E-state index is 12.2. The second-order valence-corrected chi connectivity index (χ2v) is 8.55. The van der Waals surface area contributed by atoms with Crippen molar-refractivity contribution in [3.8, 4) is 0 Å². The Morgan fingerprint density at radius 2 is 1.64 bits per heavy atom. The minimum absolute atomic E-state index is 0.0137. The van der Waals surface area contributed by atoms with Gasteiger partial charge in [-0.1, -0.05) is 18.2 Å². The van der Waals surface area contributed by atoms with Gasteiger partial charge in [0.1, 0.15) is 0 Å². The molecule has 0 fully saturated rings. The van der Waals surface area contributed by atoms with Crippen molar-refractivity contribution < 1.29 is 21.6 Å². The van der Waals surface area contributed by atoms with Gasteiger partial charge in [0.2, 0.25) is 20.0 Å². The zero-order valence-corrected chi connectivity index (χ0v) is 14.9. The van der Waals surface area contributed by atoms with Gasteiger partial charge in [0.05, 0.1) is 9.79 Å². The topological polar surface area (TPSA) is 135 Å². The molecule has 2 rings (SSSR count). The Kier molecular flexibility index (Phi) is 5.58. The number of carbonyl (C=O) groups excluding carboxylic acids is 1. The maximum atomic E-state index is 12.2. The van der Waals surface area contributed by atoms with E-state index in [0.29, 0.717) is 5.56 Å². The van der Waals surface area contributed by atoms with Gasteiger partial charge in [-0.3, -0.25) is 4.79 Å². The first-order valence-electron chi connectivity index (χ1n) is 7.07. The van der Waals surface area contributed by atoms with Crippen molar-refractivity contribution >= 4 is 26.0 Å². The number of amides is 1. The van der Waals surface area contributed by atoms with Crippen LogP contribution >= 0.6 is 0 Å². The van der Waals surface area contributed by atoms with E-state index in [0.717, 1.165) is 0 Å². The molecule has 25 heavy (non-hydrogen) atoms. The molecule has 4 N–H and O–H groups in total. The molecule has 0 atom stereocenters. The van der Waals surface area contributed by atoms with E-state index in [1.165, 1.54) is 55.6 Å². The molecule has 0 bridgehead atoms. The van der Waals surface area contributed by atoms with E-state index in [9.17, 15) is 21.6 Å². The fourth-order valence-corrected chi connectivity index (χ4v) is 3.29. The van der Waals surface area contributed by atoms with E-state index in [2.05, 4.69) is 10.0 Å². The van der Waals surface area contributed by atoms with E-state index < -0.39 is 26.0 Å². The molecule has 8 nitrogen and oxygen atoms in total. The van der Waals surface area contributed by atoms with Crippen LogP contribution in [-0.2, 0) is 26.6 Å². The minimum atomic E-state index is -3.77. The van der Waals surface area contributed by atoms with Crippen LogP contribution in [0.3, 0.4) is 0 Å². The third kappa shape index (κ3) is 4.86. The van der Waals surface area contributed by atoms with Gasteiger partial charge in [-0.2, -0.15) is 0 Å². The van der Waals surface area contributed by atoms with Crippen LogP contribution in [0.2, 0.25) is 0 Å². The Labute approximate surface area is 146 Å². The van der Waals surface area contributed by atoms with E-state index >= 15 is 0 Å². The molecule has 2 aromatic carbocycles. The summed E-state index contributed by atoms with van der Waals surface area (Å²) in [5, 5.41) is 7.65. The summed E-state index contributed by atoms with van der Waals surface area (Å²) in [6, 6.07) is 11.4. The molecule has 0 saturated carbocycles. The maximum Gasteiger partial charge on any atom is 0.251 e. The quantitative estimate of drug-likeness (QED) is 0.653. The third-order valence-corrected chi connectivity index (χ3v) is 5.72. The van der Waals surface area contributed by atoms with E-state index in [-0.39, 0.29) is 21.9 Å². The van der Waals surface area contributed by atoms with Crippen LogP contribution in [0.15, 0.2) is 58.3 Å². The van der Waals surface area contributed by atoms with Crippen molar-refractivity contribution in [2.45, 2.75) is 16.3 Å². The van der Waals surface area contributed by atoms with Gasteiger partial charge in [0.15, 0.2) is 0 Å². The SMILES string of the molecule is CNS(=O)(=O)c1cccc(C(=O)NCc2ccc(S(N)(=O)=O)cc2)c1. The monoisotopic (exact) mass is 383 g/mol. The van der Waals surface area contributed by atoms with Crippen molar-refractivity contribution in [2.24, 2.45) is 5.14 Å². The Bertz CT molecular complexity index is 984. The highest BCUT2D eigenvalue weighted by Crippen LogP contribution is 2.12. The number of benzene rings is 2. The predicted octanol–water partition coefficient (Wildman–Crippen LogP) is 0.172. The largest absolute Gasteiger partial charge is 0.348 e. The Balaban J connectivity index is 2.09. The molecular formula is C15H17N3O5S2. The fraction of sp³-hybridized carbons (Fsp3) is 0.133. The molecule has 2 aromatic rings. The normalized spacial score (nSPS) is 11.9. The Hall–Kier alpha value is -2.27. The highest BCUT2D eigenvalue weighted by molar-refractivity contribution is 7.89. The second kappa shape index (κ2) is 7.31. The molecule has 134 valence electrons. The summed E-state index contributed by atoms with van der Waals surface area (Å²) < 4.78 is 48.1. The smallest absolute Gasteiger partial charge is 0.251 e. The number of carbonyl (C=O) groups is 1. The van der Waals surface area contributed by atoms with Crippen molar-refractivity contribution in [3.05, 3.63) is 59.7 Å². The minimum Gasteiger partial charge on any atom is -0.348 e. The third-order valence-electron chi connectivity index (χ3n) is 3.38. The lowest BCUT2D eigenvalue weighted by Gasteiger charge is -2.08. The van der Waals surface area contributed by atoms with Crippen LogP contribution in [0.25, 0.3) is 0 Å². The number of nitrogens with two attached hydrogens (primary N) is 1. The fourth-order valence-electron chi connectivity index (χ4n) is 2.00. The van der Waals surface area contributed by atoms with Crippen LogP contribution in [0.4, 0.5) is 0 Å². The van der Waals surface area contributed by atoms with Gasteiger partial charge < -0.3 is 5.32 Å². The first kappa shape index (κ1) is 19.1. The average Bonchev–Trinajstić information content (AvgIpc) is 2.59. The summed E-state index contributed by atoms with van der Waals surface area (Å²) in [5.41, 5.74) is 0.859. The lowest BCUT2D eigenvalue weighted by atomic mass is 10.2. The summed E-state index contributed by atoms with van der Waals surface area (Å²) >= 11 is 0. The van der Waals surface area contributed by atoms with Crippen LogP contribution < -0.4 is 15.2 Å². The molecule has 0 aromatic heterocycles. The standard InChI is InChI=1S/C15H17N3O5S2/c1-17-25(22,23)14-4-2-3-12(9-14)15(19)18-10-11-5-7-13(8-6-11)24(16,20)21/h2-9,17H,10H2,1H3,(H,18,19)(H2,16,20,21). The lowest BCUT2D eigenvalue weighted by Crippen LogP contribution is -2.24. The zero-order valence-electron chi connectivity index (χ0n) is 13.3. The molecule has 0 saturated heterocycles. The molecule has 0 heterocycles. The van der Waals surface area contributed by atoms with Crippen molar-refractivity contribution in [2.75, 3.05) is 7.05 Å². The van der Waals surface area contributed by atoms with Crippen LogP contribution in [0, 0.1) is 0 Å². The molecule has 0 aliphatic heterocycles. The highest BCUT2D eigenvalue weighted by Gasteiger charge is 2.14. The molecule has 0 aliphatic rings. The van der Waals surface area contributed by atoms with Crippen molar-refractivity contribution in [3.63, 3.8) is 0 Å². The number of nitrogens with one attached hydrogen (secondary N) is 2. The van der Waals surface area contributed by atoms with E-state index in [1.807, 2.05) is 0 Å². The van der Waals surface area contributed by atoms with Crippen molar-refractivity contribution in [1.82, 2.24) is 10.0 Å². The second-order valence-electron chi connectivity index (χ2n) is 5.11. The summed E-state index contributed by atoms with van der Waals surface area (Å²) in [6.45, 7) is 0.146. The molecule has 10 heteroatoms. The average molecular weight is 383 g/mol. The lowest BCUT2D eigenvalue weighted by molar-refractivity contribution is 0.0950. The van der Waals surface area contributed by atoms with Gasteiger partial charge in [-0.25, -0.2) is 26.7 Å².